The van der Waals surface area contributed by atoms with E-state index in [2.05, 4.69) is 20.6 Å². The molecule has 0 radical (unpaired) electrons. The van der Waals surface area contributed by atoms with Crippen LogP contribution < -0.4 is 10.6 Å². The number of nitrogens with zero attached hydrogens (tertiary/aromatic N) is 2. The van der Waals surface area contributed by atoms with Gasteiger partial charge >= 0.3 is 5.97 Å². The van der Waals surface area contributed by atoms with E-state index in [0.717, 1.165) is 11.1 Å². The molecular weight excluding hydrogens is 368 g/mol. The molecule has 0 fully saturated rings. The first kappa shape index (κ1) is 20.0. The third kappa shape index (κ3) is 4.95. The zero-order valence-electron chi connectivity index (χ0n) is 16.7. The Morgan fingerprint density at radius 3 is 2.31 bits per heavy atom. The van der Waals surface area contributed by atoms with Gasteiger partial charge in [0.25, 0.3) is 5.91 Å². The molecule has 148 valence electrons. The van der Waals surface area contributed by atoms with Crippen LogP contribution in [0.4, 0.5) is 17.2 Å². The van der Waals surface area contributed by atoms with Gasteiger partial charge in [0.05, 0.1) is 18.4 Å². The van der Waals surface area contributed by atoms with Crippen molar-refractivity contribution in [3.63, 3.8) is 0 Å². The Hall–Kier alpha value is -3.74. The monoisotopic (exact) mass is 390 g/mol. The molecular formula is C22H22N4O3. The second-order valence-corrected chi connectivity index (χ2v) is 6.68. The standard InChI is InChI=1S/C22H22N4O3/c1-13-9-14(2)11-16(10-13)25-21(27)19-12-20(24-15(3)23-19)26-18-8-6-5-7-17(18)22(28)29-4/h5-12H,1-4H3,(H,25,27)(H,23,24,26). The molecule has 0 bridgehead atoms. The third-order valence-corrected chi connectivity index (χ3v) is 4.15. The lowest BCUT2D eigenvalue weighted by Crippen LogP contribution is -2.16. The van der Waals surface area contributed by atoms with E-state index in [9.17, 15) is 9.59 Å². The van der Waals surface area contributed by atoms with E-state index in [-0.39, 0.29) is 11.6 Å². The SMILES string of the molecule is COC(=O)c1ccccc1Nc1cc(C(=O)Nc2cc(C)cc(C)c2)nc(C)n1. The molecule has 7 heteroatoms. The Bertz CT molecular complexity index is 1060. The molecule has 1 aromatic heterocycles. The number of nitrogens with one attached hydrogen (secondary N) is 2. The fraction of sp³-hybridized carbons (Fsp3) is 0.182. The summed E-state index contributed by atoms with van der Waals surface area (Å²) in [5.41, 5.74) is 3.93. The number of esters is 1. The molecule has 0 aliphatic heterocycles. The van der Waals surface area contributed by atoms with E-state index in [0.29, 0.717) is 28.6 Å². The number of amides is 1. The van der Waals surface area contributed by atoms with Crippen molar-refractivity contribution in [2.45, 2.75) is 20.8 Å². The molecule has 0 atom stereocenters. The number of benzene rings is 2. The first-order chi connectivity index (χ1) is 13.9. The van der Waals surface area contributed by atoms with Crippen LogP contribution in [0.15, 0.2) is 48.5 Å². The summed E-state index contributed by atoms with van der Waals surface area (Å²) in [4.78, 5) is 33.2. The molecule has 2 aromatic carbocycles. The fourth-order valence-corrected chi connectivity index (χ4v) is 3.01. The fourth-order valence-electron chi connectivity index (χ4n) is 3.01. The lowest BCUT2D eigenvalue weighted by molar-refractivity contribution is 0.0601. The summed E-state index contributed by atoms with van der Waals surface area (Å²) in [6, 6.07) is 14.3. The molecule has 0 aliphatic rings. The van der Waals surface area contributed by atoms with Crippen LogP contribution in [0.25, 0.3) is 0 Å². The van der Waals surface area contributed by atoms with Gasteiger partial charge in [-0.3, -0.25) is 4.79 Å². The molecule has 0 unspecified atom stereocenters. The highest BCUT2D eigenvalue weighted by atomic mass is 16.5. The largest absolute Gasteiger partial charge is 0.465 e. The van der Waals surface area contributed by atoms with Crippen molar-refractivity contribution >= 4 is 29.1 Å². The summed E-state index contributed by atoms with van der Waals surface area (Å²) in [5, 5.41) is 5.94. The number of ether oxygens (including phenoxy) is 1. The molecule has 7 nitrogen and oxygen atoms in total. The number of anilines is 3. The van der Waals surface area contributed by atoms with Crippen LogP contribution in [0.5, 0.6) is 0 Å². The minimum absolute atomic E-state index is 0.217. The number of aromatic nitrogens is 2. The minimum atomic E-state index is -0.466. The van der Waals surface area contributed by atoms with E-state index in [1.807, 2.05) is 32.0 Å². The van der Waals surface area contributed by atoms with Crippen molar-refractivity contribution in [2.24, 2.45) is 0 Å². The zero-order chi connectivity index (χ0) is 21.0. The Labute approximate surface area is 169 Å². The highest BCUT2D eigenvalue weighted by Crippen LogP contribution is 2.21. The Balaban J connectivity index is 1.87. The quantitative estimate of drug-likeness (QED) is 0.635. The molecule has 2 N–H and O–H groups in total. The van der Waals surface area contributed by atoms with E-state index in [4.69, 9.17) is 4.74 Å². The molecule has 0 aliphatic carbocycles. The van der Waals surface area contributed by atoms with Crippen LogP contribution in [0.3, 0.4) is 0 Å². The van der Waals surface area contributed by atoms with Crippen molar-refractivity contribution in [3.05, 3.63) is 76.7 Å². The molecule has 0 spiro atoms. The number of carbonyl (C=O) groups is 2. The number of methoxy groups -OCH3 is 1. The predicted molar refractivity (Wildman–Crippen MR) is 112 cm³/mol. The molecule has 3 aromatic rings. The van der Waals surface area contributed by atoms with Crippen LogP contribution in [0.2, 0.25) is 0 Å². The summed E-state index contributed by atoms with van der Waals surface area (Å²) < 4.78 is 4.81. The zero-order valence-corrected chi connectivity index (χ0v) is 16.7. The highest BCUT2D eigenvalue weighted by Gasteiger charge is 2.15. The first-order valence-corrected chi connectivity index (χ1v) is 9.05. The van der Waals surface area contributed by atoms with Crippen molar-refractivity contribution in [3.8, 4) is 0 Å². The predicted octanol–water partition coefficient (Wildman–Crippen LogP) is 4.18. The Morgan fingerprint density at radius 1 is 0.931 bits per heavy atom. The van der Waals surface area contributed by atoms with E-state index >= 15 is 0 Å². The van der Waals surface area contributed by atoms with Gasteiger partial charge in [0.2, 0.25) is 0 Å². The highest BCUT2D eigenvalue weighted by molar-refractivity contribution is 6.03. The van der Waals surface area contributed by atoms with Gasteiger partial charge in [-0.2, -0.15) is 0 Å². The summed E-state index contributed by atoms with van der Waals surface area (Å²) >= 11 is 0. The molecule has 29 heavy (non-hydrogen) atoms. The number of rotatable bonds is 5. The van der Waals surface area contributed by atoms with Crippen LogP contribution >= 0.6 is 0 Å². The number of aryl methyl sites for hydroxylation is 3. The maximum Gasteiger partial charge on any atom is 0.339 e. The number of para-hydroxylation sites is 1. The average Bonchev–Trinajstić information content (AvgIpc) is 2.66. The van der Waals surface area contributed by atoms with E-state index < -0.39 is 5.97 Å². The Morgan fingerprint density at radius 2 is 1.62 bits per heavy atom. The summed E-state index contributed by atoms with van der Waals surface area (Å²) in [7, 11) is 1.32. The molecule has 3 rings (SSSR count). The van der Waals surface area contributed by atoms with Crippen molar-refractivity contribution in [2.75, 3.05) is 17.7 Å². The van der Waals surface area contributed by atoms with Gasteiger partial charge in [-0.15, -0.1) is 0 Å². The molecule has 0 saturated carbocycles. The van der Waals surface area contributed by atoms with Crippen LogP contribution in [0.1, 0.15) is 37.8 Å². The van der Waals surface area contributed by atoms with Gasteiger partial charge in [-0.25, -0.2) is 14.8 Å². The summed E-state index contributed by atoms with van der Waals surface area (Å²) in [5.74, 6) is 0.0204. The van der Waals surface area contributed by atoms with Gasteiger partial charge in [0, 0.05) is 11.8 Å². The third-order valence-electron chi connectivity index (χ3n) is 4.15. The number of hydrogen-bond acceptors (Lipinski definition) is 6. The Kier molecular flexibility index (Phi) is 5.87. The summed E-state index contributed by atoms with van der Waals surface area (Å²) in [6.07, 6.45) is 0. The van der Waals surface area contributed by atoms with Crippen molar-refractivity contribution in [1.29, 1.82) is 0 Å². The normalized spacial score (nSPS) is 10.3. The number of carbonyl (C=O) groups excluding carboxylic acids is 2. The van der Waals surface area contributed by atoms with E-state index in [1.165, 1.54) is 7.11 Å². The van der Waals surface area contributed by atoms with Crippen LogP contribution in [-0.4, -0.2) is 29.0 Å². The second-order valence-electron chi connectivity index (χ2n) is 6.68. The summed E-state index contributed by atoms with van der Waals surface area (Å²) in [6.45, 7) is 5.64. The first-order valence-electron chi connectivity index (χ1n) is 9.05. The molecule has 0 saturated heterocycles. The molecule has 1 amide bonds. The van der Waals surface area contributed by atoms with Gasteiger partial charge in [-0.1, -0.05) is 18.2 Å². The van der Waals surface area contributed by atoms with Crippen molar-refractivity contribution in [1.82, 2.24) is 9.97 Å². The second kappa shape index (κ2) is 8.52. The minimum Gasteiger partial charge on any atom is -0.465 e. The lowest BCUT2D eigenvalue weighted by Gasteiger charge is -2.12. The topological polar surface area (TPSA) is 93.2 Å². The maximum absolute atomic E-state index is 12.7. The van der Waals surface area contributed by atoms with Crippen LogP contribution in [-0.2, 0) is 4.74 Å². The smallest absolute Gasteiger partial charge is 0.339 e. The van der Waals surface area contributed by atoms with Gasteiger partial charge < -0.3 is 15.4 Å². The van der Waals surface area contributed by atoms with Crippen LogP contribution in [0, 0.1) is 20.8 Å². The van der Waals surface area contributed by atoms with E-state index in [1.54, 1.807) is 37.3 Å². The van der Waals surface area contributed by atoms with Gasteiger partial charge in [0.1, 0.15) is 17.3 Å². The molecule has 1 heterocycles. The van der Waals surface area contributed by atoms with Gasteiger partial charge in [0.15, 0.2) is 0 Å². The maximum atomic E-state index is 12.7. The number of hydrogen-bond donors (Lipinski definition) is 2. The van der Waals surface area contributed by atoms with Gasteiger partial charge in [-0.05, 0) is 56.2 Å². The lowest BCUT2D eigenvalue weighted by atomic mass is 10.1. The van der Waals surface area contributed by atoms with Crippen molar-refractivity contribution < 1.29 is 14.3 Å². The average molecular weight is 390 g/mol.